The zero-order valence-corrected chi connectivity index (χ0v) is 19.3. The van der Waals surface area contributed by atoms with E-state index in [9.17, 15) is 23.8 Å². The maximum absolute atomic E-state index is 14.7. The molecular formula is C25H21ClF2N2O4. The first-order valence-corrected chi connectivity index (χ1v) is 10.7. The van der Waals surface area contributed by atoms with E-state index in [-0.39, 0.29) is 28.5 Å². The molecule has 1 atom stereocenters. The summed E-state index contributed by atoms with van der Waals surface area (Å²) in [5.74, 6) is -1.88. The Bertz CT molecular complexity index is 1440. The van der Waals surface area contributed by atoms with Crippen molar-refractivity contribution in [2.24, 2.45) is 0 Å². The lowest BCUT2D eigenvalue weighted by atomic mass is 10.1. The van der Waals surface area contributed by atoms with E-state index in [1.54, 1.807) is 12.1 Å². The standard InChI is InChI=1S/C25H21ClF2N2O4/c1-13-8-16(26)9-14(2)22(13)30-11-15(4-7-20(30)32)23-21(18-6-5-17(27)10-19(18)28)29-24(34-23)25(3,33)12-31/h4-11,31,33H,12H2,1-3H3/t25-/m1/s1. The Morgan fingerprint density at radius 1 is 1.12 bits per heavy atom. The van der Waals surface area contributed by atoms with Crippen LogP contribution in [0.2, 0.25) is 5.02 Å². The van der Waals surface area contributed by atoms with Crippen LogP contribution in [-0.4, -0.2) is 26.4 Å². The van der Waals surface area contributed by atoms with E-state index in [4.69, 9.17) is 16.0 Å². The van der Waals surface area contributed by atoms with E-state index < -0.39 is 23.8 Å². The fraction of sp³-hybridized carbons (Fsp3) is 0.200. The van der Waals surface area contributed by atoms with Gasteiger partial charge in [0, 0.05) is 34.5 Å². The molecule has 2 N–H and O–H groups in total. The lowest BCUT2D eigenvalue weighted by Crippen LogP contribution is -2.26. The quantitative estimate of drug-likeness (QED) is 0.418. The molecule has 6 nitrogen and oxygen atoms in total. The molecule has 0 amide bonds. The Hall–Kier alpha value is -3.33. The zero-order chi connectivity index (χ0) is 24.8. The third kappa shape index (κ3) is 4.27. The maximum Gasteiger partial charge on any atom is 0.255 e. The molecule has 0 aliphatic rings. The van der Waals surface area contributed by atoms with E-state index in [1.165, 1.54) is 35.9 Å². The van der Waals surface area contributed by atoms with Crippen LogP contribution in [0, 0.1) is 25.5 Å². The summed E-state index contributed by atoms with van der Waals surface area (Å²) in [5, 5.41) is 20.6. The highest BCUT2D eigenvalue weighted by Crippen LogP contribution is 2.37. The molecule has 0 spiro atoms. The third-order valence-electron chi connectivity index (χ3n) is 5.45. The summed E-state index contributed by atoms with van der Waals surface area (Å²) >= 11 is 6.13. The predicted octanol–water partition coefficient (Wildman–Crippen LogP) is 4.91. The molecule has 4 rings (SSSR count). The number of nitrogens with zero attached hydrogens (tertiary/aromatic N) is 2. The lowest BCUT2D eigenvalue weighted by molar-refractivity contribution is -0.0234. The smallest absolute Gasteiger partial charge is 0.255 e. The zero-order valence-electron chi connectivity index (χ0n) is 18.6. The fourth-order valence-corrected chi connectivity index (χ4v) is 4.08. The molecule has 0 aliphatic heterocycles. The van der Waals surface area contributed by atoms with Crippen molar-refractivity contribution in [1.29, 1.82) is 0 Å². The van der Waals surface area contributed by atoms with Gasteiger partial charge in [0.2, 0.25) is 5.89 Å². The summed E-state index contributed by atoms with van der Waals surface area (Å²) in [7, 11) is 0. The number of rotatable bonds is 5. The molecule has 0 radical (unpaired) electrons. The monoisotopic (exact) mass is 486 g/mol. The van der Waals surface area contributed by atoms with Gasteiger partial charge in [-0.3, -0.25) is 9.36 Å². The van der Waals surface area contributed by atoms with Gasteiger partial charge in [-0.2, -0.15) is 0 Å². The van der Waals surface area contributed by atoms with E-state index in [0.29, 0.717) is 22.3 Å². The second kappa shape index (κ2) is 8.79. The molecule has 34 heavy (non-hydrogen) atoms. The summed E-state index contributed by atoms with van der Waals surface area (Å²) in [4.78, 5) is 17.0. The Kier molecular flexibility index (Phi) is 6.16. The molecule has 0 unspecified atom stereocenters. The van der Waals surface area contributed by atoms with Crippen LogP contribution in [0.1, 0.15) is 23.9 Å². The number of pyridine rings is 1. The van der Waals surface area contributed by atoms with E-state index in [2.05, 4.69) is 4.98 Å². The van der Waals surface area contributed by atoms with Crippen LogP contribution >= 0.6 is 11.6 Å². The number of aryl methyl sites for hydroxylation is 2. The van der Waals surface area contributed by atoms with Crippen molar-refractivity contribution in [2.75, 3.05) is 6.61 Å². The first-order chi connectivity index (χ1) is 16.0. The van der Waals surface area contributed by atoms with Crippen molar-refractivity contribution in [1.82, 2.24) is 9.55 Å². The molecule has 9 heteroatoms. The van der Waals surface area contributed by atoms with Crippen molar-refractivity contribution in [3.63, 3.8) is 0 Å². The second-order valence-corrected chi connectivity index (χ2v) is 8.70. The fourth-order valence-electron chi connectivity index (χ4n) is 3.76. The number of oxazole rings is 1. The summed E-state index contributed by atoms with van der Waals surface area (Å²) in [6.45, 7) is 4.21. The molecule has 0 fully saturated rings. The van der Waals surface area contributed by atoms with Crippen molar-refractivity contribution in [3.05, 3.63) is 92.7 Å². The molecule has 2 aromatic carbocycles. The number of hydrogen-bond acceptors (Lipinski definition) is 5. The van der Waals surface area contributed by atoms with Crippen molar-refractivity contribution < 1.29 is 23.4 Å². The summed E-state index contributed by atoms with van der Waals surface area (Å²) in [5.41, 5.74) is 0.210. The molecule has 0 saturated heterocycles. The molecule has 0 aliphatic carbocycles. The molecule has 176 valence electrons. The van der Waals surface area contributed by atoms with Crippen molar-refractivity contribution >= 4 is 11.6 Å². The molecule has 4 aromatic rings. The first kappa shape index (κ1) is 23.8. The van der Waals surface area contributed by atoms with Crippen LogP contribution in [0.15, 0.2) is 57.9 Å². The number of halogens is 3. The normalized spacial score (nSPS) is 13.2. The number of benzene rings is 2. The highest BCUT2D eigenvalue weighted by Gasteiger charge is 2.32. The summed E-state index contributed by atoms with van der Waals surface area (Å²) in [6, 6.07) is 9.23. The van der Waals surface area contributed by atoms with Gasteiger partial charge in [-0.05, 0) is 62.2 Å². The van der Waals surface area contributed by atoms with Crippen molar-refractivity contribution in [3.8, 4) is 28.3 Å². The van der Waals surface area contributed by atoms with Gasteiger partial charge in [-0.15, -0.1) is 0 Å². The van der Waals surface area contributed by atoms with Gasteiger partial charge in [-0.25, -0.2) is 13.8 Å². The number of hydrogen-bond donors (Lipinski definition) is 2. The Labute approximate surface area is 198 Å². The summed E-state index contributed by atoms with van der Waals surface area (Å²) < 4.78 is 35.4. The minimum Gasteiger partial charge on any atom is -0.437 e. The Balaban J connectivity index is 1.98. The highest BCUT2D eigenvalue weighted by molar-refractivity contribution is 6.30. The topological polar surface area (TPSA) is 88.5 Å². The Morgan fingerprint density at radius 2 is 1.79 bits per heavy atom. The van der Waals surface area contributed by atoms with Crippen molar-refractivity contribution in [2.45, 2.75) is 26.4 Å². The minimum atomic E-state index is -1.86. The van der Waals surface area contributed by atoms with Crippen LogP contribution in [0.4, 0.5) is 8.78 Å². The molecule has 2 heterocycles. The van der Waals surface area contributed by atoms with Gasteiger partial charge >= 0.3 is 0 Å². The number of aliphatic hydroxyl groups is 2. The van der Waals surface area contributed by atoms with Gasteiger partial charge in [0.1, 0.15) is 17.3 Å². The predicted molar refractivity (Wildman–Crippen MR) is 124 cm³/mol. The van der Waals surface area contributed by atoms with Crippen LogP contribution in [0.5, 0.6) is 0 Å². The van der Waals surface area contributed by atoms with Crippen LogP contribution in [-0.2, 0) is 5.60 Å². The van der Waals surface area contributed by atoms with E-state index >= 15 is 0 Å². The SMILES string of the molecule is Cc1cc(Cl)cc(C)c1-n1cc(-c2oc([C@](C)(O)CO)nc2-c2ccc(F)cc2F)ccc1=O. The molecular weight excluding hydrogens is 466 g/mol. The average molecular weight is 487 g/mol. The van der Waals surface area contributed by atoms with Gasteiger partial charge in [-0.1, -0.05) is 11.6 Å². The van der Waals surface area contributed by atoms with Gasteiger partial charge < -0.3 is 14.6 Å². The van der Waals surface area contributed by atoms with Crippen LogP contribution in [0.3, 0.4) is 0 Å². The van der Waals surface area contributed by atoms with E-state index in [1.807, 2.05) is 13.8 Å². The van der Waals surface area contributed by atoms with E-state index in [0.717, 1.165) is 17.2 Å². The van der Waals surface area contributed by atoms with Gasteiger partial charge in [0.05, 0.1) is 12.3 Å². The minimum absolute atomic E-state index is 0.0176. The molecule has 0 saturated carbocycles. The molecule has 2 aromatic heterocycles. The Morgan fingerprint density at radius 3 is 2.41 bits per heavy atom. The average Bonchev–Trinajstić information content (AvgIpc) is 3.20. The van der Waals surface area contributed by atoms with Gasteiger partial charge in [0.15, 0.2) is 11.4 Å². The van der Waals surface area contributed by atoms with Crippen LogP contribution in [0.25, 0.3) is 28.3 Å². The highest BCUT2D eigenvalue weighted by atomic mass is 35.5. The number of aromatic nitrogens is 2. The second-order valence-electron chi connectivity index (χ2n) is 8.27. The largest absolute Gasteiger partial charge is 0.437 e. The maximum atomic E-state index is 14.7. The molecule has 0 bridgehead atoms. The third-order valence-corrected chi connectivity index (χ3v) is 5.67. The van der Waals surface area contributed by atoms with Gasteiger partial charge in [0.25, 0.3) is 5.56 Å². The number of aliphatic hydroxyl groups excluding tert-OH is 1. The summed E-state index contributed by atoms with van der Waals surface area (Å²) in [6.07, 6.45) is 1.51. The van der Waals surface area contributed by atoms with Crippen LogP contribution < -0.4 is 5.56 Å². The first-order valence-electron chi connectivity index (χ1n) is 10.3. The lowest BCUT2D eigenvalue weighted by Gasteiger charge is -2.15.